The summed E-state index contributed by atoms with van der Waals surface area (Å²) >= 11 is 0. The van der Waals surface area contributed by atoms with Gasteiger partial charge in [0.05, 0.1) is 9.79 Å². The minimum absolute atomic E-state index is 0. The van der Waals surface area contributed by atoms with E-state index in [9.17, 15) is 13.2 Å². The largest absolute Gasteiger partial charge is 0.289 e. The average Bonchev–Trinajstić information content (AvgIpc) is 2.81. The number of benzene rings is 4. The number of ketones is 1. The maximum absolute atomic E-state index is 12.3. The summed E-state index contributed by atoms with van der Waals surface area (Å²) in [4.78, 5) is 12.7. The van der Waals surface area contributed by atoms with Crippen molar-refractivity contribution in [2.24, 2.45) is 0 Å². The molecule has 0 fully saturated rings. The van der Waals surface area contributed by atoms with E-state index in [1.54, 1.807) is 48.5 Å². The molecule has 4 aromatic carbocycles. The Hall–Kier alpha value is -3.50. The number of hydrogen-bond donors (Lipinski definition) is 0. The van der Waals surface area contributed by atoms with Gasteiger partial charge < -0.3 is 0 Å². The molecule has 0 radical (unpaired) electrons. The summed E-state index contributed by atoms with van der Waals surface area (Å²) in [5, 5.41) is 0. The number of carbonyl (C=O) groups is 1. The molecule has 0 bridgehead atoms. The Bertz CT molecular complexity index is 1220. The van der Waals surface area contributed by atoms with Gasteiger partial charge >= 0.3 is 0 Å². The Morgan fingerprint density at radius 1 is 0.457 bits per heavy atom. The predicted molar refractivity (Wildman–Crippen MR) is 147 cm³/mol. The number of sulfone groups is 1. The second-order valence-corrected chi connectivity index (χ2v) is 10.1. The van der Waals surface area contributed by atoms with Crippen molar-refractivity contribution in [3.8, 4) is 0 Å². The van der Waals surface area contributed by atoms with E-state index in [2.05, 4.69) is 0 Å². The number of carbonyl (C=O) groups excluding carboxylic acids is 1. The highest BCUT2D eigenvalue weighted by Gasteiger charge is 2.16. The zero-order valence-corrected chi connectivity index (χ0v) is 20.2. The Kier molecular flexibility index (Phi) is 10.8. The maximum Gasteiger partial charge on any atom is 0.206 e. The van der Waals surface area contributed by atoms with Crippen molar-refractivity contribution in [1.82, 2.24) is 0 Å². The molecule has 0 N–H and O–H groups in total. The van der Waals surface area contributed by atoms with Crippen molar-refractivity contribution >= 4 is 15.6 Å². The molecule has 4 rings (SSSR count). The van der Waals surface area contributed by atoms with Gasteiger partial charge in [-0.3, -0.25) is 4.79 Å². The summed E-state index contributed by atoms with van der Waals surface area (Å²) in [6, 6.07) is 29.1. The fourth-order valence-corrected chi connectivity index (χ4v) is 4.41. The van der Waals surface area contributed by atoms with E-state index in [0.29, 0.717) is 9.79 Å². The van der Waals surface area contributed by atoms with Crippen LogP contribution < -0.4 is 0 Å². The van der Waals surface area contributed by atoms with Crippen molar-refractivity contribution in [3.05, 3.63) is 130 Å². The van der Waals surface area contributed by atoms with Crippen LogP contribution in [-0.4, -0.2) is 14.2 Å². The van der Waals surface area contributed by atoms with E-state index in [0.717, 1.165) is 22.3 Å². The highest BCUT2D eigenvalue weighted by atomic mass is 32.2. The summed E-state index contributed by atoms with van der Waals surface area (Å²) in [7, 11) is -3.37. The molecule has 0 aromatic heterocycles. The van der Waals surface area contributed by atoms with Crippen molar-refractivity contribution < 1.29 is 13.2 Å². The van der Waals surface area contributed by atoms with Crippen LogP contribution in [0.3, 0.4) is 0 Å². The van der Waals surface area contributed by atoms with Crippen molar-refractivity contribution in [2.75, 3.05) is 0 Å². The highest BCUT2D eigenvalue weighted by Crippen LogP contribution is 2.21. The molecule has 0 unspecified atom stereocenters. The van der Waals surface area contributed by atoms with E-state index >= 15 is 0 Å². The first-order valence-corrected chi connectivity index (χ1v) is 12.2. The Morgan fingerprint density at radius 3 is 0.943 bits per heavy atom. The highest BCUT2D eigenvalue weighted by molar-refractivity contribution is 7.91. The third kappa shape index (κ3) is 7.76. The monoisotopic (exact) mass is 488 g/mol. The second-order valence-electron chi connectivity index (χ2n) is 8.19. The first-order valence-electron chi connectivity index (χ1n) is 10.7. The third-order valence-electron chi connectivity index (χ3n) is 5.29. The molecule has 0 aliphatic rings. The molecule has 0 heterocycles. The van der Waals surface area contributed by atoms with Crippen LogP contribution in [0.15, 0.2) is 107 Å². The van der Waals surface area contributed by atoms with Gasteiger partial charge in [-0.1, -0.05) is 110 Å². The van der Waals surface area contributed by atoms with Gasteiger partial charge in [0.1, 0.15) is 0 Å². The summed E-state index contributed by atoms with van der Waals surface area (Å²) in [5.41, 5.74) is 5.92. The van der Waals surface area contributed by atoms with Gasteiger partial charge in [-0.15, -0.1) is 0 Å². The van der Waals surface area contributed by atoms with E-state index in [1.807, 2.05) is 76.2 Å². The maximum atomic E-state index is 12.3. The molecule has 35 heavy (non-hydrogen) atoms. The minimum atomic E-state index is -3.37. The molecule has 0 aliphatic carbocycles. The zero-order chi connectivity index (χ0) is 24.0. The van der Waals surface area contributed by atoms with Gasteiger partial charge in [-0.2, -0.15) is 0 Å². The van der Waals surface area contributed by atoms with Gasteiger partial charge in [-0.05, 0) is 52.0 Å². The molecule has 184 valence electrons. The second kappa shape index (κ2) is 12.8. The fraction of sp³-hybridized carbons (Fsp3) is 0.194. The molecular weight excluding hydrogens is 452 g/mol. The molecule has 4 aromatic rings. The summed E-state index contributed by atoms with van der Waals surface area (Å²) in [6.45, 7) is 7.89. The van der Waals surface area contributed by atoms with Gasteiger partial charge in [0, 0.05) is 11.1 Å². The molecule has 0 spiro atoms. The van der Waals surface area contributed by atoms with Crippen LogP contribution in [0.5, 0.6) is 0 Å². The minimum Gasteiger partial charge on any atom is -0.289 e. The quantitative estimate of drug-likeness (QED) is 0.274. The fourth-order valence-electron chi connectivity index (χ4n) is 3.15. The number of rotatable bonds is 4. The van der Waals surface area contributed by atoms with Gasteiger partial charge in [0.25, 0.3) is 0 Å². The average molecular weight is 489 g/mol. The molecule has 0 saturated carbocycles. The number of aryl methyl sites for hydroxylation is 4. The van der Waals surface area contributed by atoms with Gasteiger partial charge in [0.15, 0.2) is 5.78 Å². The van der Waals surface area contributed by atoms with E-state index < -0.39 is 9.84 Å². The van der Waals surface area contributed by atoms with Crippen molar-refractivity contribution in [1.29, 1.82) is 0 Å². The first kappa shape index (κ1) is 29.5. The van der Waals surface area contributed by atoms with E-state index in [1.165, 1.54) is 11.1 Å². The molecule has 0 atom stereocenters. The Morgan fingerprint density at radius 2 is 0.686 bits per heavy atom. The Balaban J connectivity index is 0.000000332. The third-order valence-corrected chi connectivity index (χ3v) is 7.08. The molecule has 3 nitrogen and oxygen atoms in total. The smallest absolute Gasteiger partial charge is 0.206 e. The van der Waals surface area contributed by atoms with Crippen LogP contribution >= 0.6 is 0 Å². The molecule has 4 heteroatoms. The summed E-state index contributed by atoms with van der Waals surface area (Å²) < 4.78 is 24.5. The van der Waals surface area contributed by atoms with Crippen LogP contribution in [0, 0.1) is 27.7 Å². The molecule has 0 aliphatic heterocycles. The topological polar surface area (TPSA) is 51.2 Å². The van der Waals surface area contributed by atoms with Crippen LogP contribution in [0.1, 0.15) is 53.0 Å². The van der Waals surface area contributed by atoms with Gasteiger partial charge in [-0.25, -0.2) is 8.42 Å². The van der Waals surface area contributed by atoms with Gasteiger partial charge in [0.2, 0.25) is 9.84 Å². The SMILES string of the molecule is C.C.Cc1ccc(C(=O)c2ccc(C)cc2)cc1.Cc1ccc(S(=O)(=O)c2ccc(C)cc2)cc1. The summed E-state index contributed by atoms with van der Waals surface area (Å²) in [6.07, 6.45) is 0. The van der Waals surface area contributed by atoms with Crippen LogP contribution in [0.4, 0.5) is 0 Å². The molecule has 0 saturated heterocycles. The number of hydrogen-bond acceptors (Lipinski definition) is 3. The summed E-state index contributed by atoms with van der Waals surface area (Å²) in [5.74, 6) is 0.0833. The first-order chi connectivity index (χ1) is 15.7. The van der Waals surface area contributed by atoms with Crippen LogP contribution in [0.2, 0.25) is 0 Å². The van der Waals surface area contributed by atoms with Crippen molar-refractivity contribution in [2.45, 2.75) is 52.3 Å². The lowest BCUT2D eigenvalue weighted by Crippen LogP contribution is -2.01. The Labute approximate surface area is 211 Å². The predicted octanol–water partition coefficient (Wildman–Crippen LogP) is 7.94. The standard InChI is InChI=1S/C15H14O.C14H14O2S.2CH4/c1-11-3-7-13(8-4-11)15(16)14-9-5-12(2)6-10-14;1-11-3-7-13(8-4-11)17(15,16)14-9-5-12(2)6-10-14;;/h3-10H,1-2H3;3-10H,1-2H3;2*1H4. The lowest BCUT2D eigenvalue weighted by Gasteiger charge is -2.05. The normalized spacial score (nSPS) is 10.2. The molecule has 0 amide bonds. The zero-order valence-electron chi connectivity index (χ0n) is 19.4. The van der Waals surface area contributed by atoms with Crippen LogP contribution in [-0.2, 0) is 9.84 Å². The lowest BCUT2D eigenvalue weighted by atomic mass is 10.0. The van der Waals surface area contributed by atoms with E-state index in [4.69, 9.17) is 0 Å². The molecular formula is C31H36O3S. The lowest BCUT2D eigenvalue weighted by molar-refractivity contribution is 0.103. The van der Waals surface area contributed by atoms with Crippen LogP contribution in [0.25, 0.3) is 0 Å². The van der Waals surface area contributed by atoms with Crippen molar-refractivity contribution in [3.63, 3.8) is 0 Å². The van der Waals surface area contributed by atoms with E-state index in [-0.39, 0.29) is 20.6 Å².